The van der Waals surface area contributed by atoms with E-state index in [9.17, 15) is 0 Å². The minimum absolute atomic E-state index is 1.22. The Morgan fingerprint density at radius 2 is 0.700 bits per heavy atom. The highest BCUT2D eigenvalue weighted by Crippen LogP contribution is 2.46. The molecule has 0 aliphatic rings. The van der Waals surface area contributed by atoms with Crippen LogP contribution in [0.2, 0.25) is 0 Å². The van der Waals surface area contributed by atoms with Crippen molar-refractivity contribution in [3.05, 3.63) is 194 Å². The van der Waals surface area contributed by atoms with Gasteiger partial charge in [0.05, 0.1) is 0 Å². The fraction of sp³-hybridized carbons (Fsp3) is 0. The van der Waals surface area contributed by atoms with Crippen LogP contribution in [0.5, 0.6) is 0 Å². The molecule has 10 aromatic carbocycles. The summed E-state index contributed by atoms with van der Waals surface area (Å²) >= 11 is 0. The molecule has 0 saturated heterocycles. The molecule has 0 saturated carbocycles. The molecule has 232 valence electrons. The van der Waals surface area contributed by atoms with Gasteiger partial charge in [-0.1, -0.05) is 188 Å². The van der Waals surface area contributed by atoms with E-state index in [1.54, 1.807) is 0 Å². The van der Waals surface area contributed by atoms with E-state index < -0.39 is 0 Å². The molecular formula is C50H32. The van der Waals surface area contributed by atoms with Crippen molar-refractivity contribution in [3.63, 3.8) is 0 Å². The molecular weight excluding hydrogens is 601 g/mol. The Balaban J connectivity index is 1.18. The smallest absolute Gasteiger partial charge is 0.00141 e. The second kappa shape index (κ2) is 11.6. The van der Waals surface area contributed by atoms with Gasteiger partial charge >= 0.3 is 0 Å². The van der Waals surface area contributed by atoms with Gasteiger partial charge in [-0.15, -0.1) is 0 Å². The molecule has 0 N–H and O–H groups in total. The zero-order valence-corrected chi connectivity index (χ0v) is 27.5. The van der Waals surface area contributed by atoms with E-state index in [4.69, 9.17) is 0 Å². The maximum atomic E-state index is 2.34. The van der Waals surface area contributed by atoms with E-state index >= 15 is 0 Å². The normalized spacial score (nSPS) is 11.6. The first-order valence-corrected chi connectivity index (χ1v) is 17.3. The Bertz CT molecular complexity index is 2890. The van der Waals surface area contributed by atoms with Crippen LogP contribution in [-0.2, 0) is 0 Å². The van der Waals surface area contributed by atoms with Gasteiger partial charge in [0.15, 0.2) is 0 Å². The minimum atomic E-state index is 1.22. The third-order valence-corrected chi connectivity index (χ3v) is 10.4. The van der Waals surface area contributed by atoms with Crippen molar-refractivity contribution in [1.82, 2.24) is 0 Å². The lowest BCUT2D eigenvalue weighted by molar-refractivity contribution is 1.62. The SMILES string of the molecule is c1ccc2cc(-c3ccc(-c4c5ccccc5c(-c5ccc(-c6cccc7ccccc67)cc5)c5c4ccc4ccccc45)cc3)ccc2c1. The van der Waals surface area contributed by atoms with Crippen LogP contribution in [0.4, 0.5) is 0 Å². The highest BCUT2D eigenvalue weighted by molar-refractivity contribution is 6.28. The van der Waals surface area contributed by atoms with Gasteiger partial charge in [0.1, 0.15) is 0 Å². The molecule has 0 aromatic heterocycles. The first-order chi connectivity index (χ1) is 24.8. The van der Waals surface area contributed by atoms with Gasteiger partial charge in [0, 0.05) is 0 Å². The van der Waals surface area contributed by atoms with Crippen LogP contribution in [0.3, 0.4) is 0 Å². The molecule has 0 nitrogen and oxygen atoms in total. The number of hydrogen-bond donors (Lipinski definition) is 0. The van der Waals surface area contributed by atoms with E-state index in [0.29, 0.717) is 0 Å². The van der Waals surface area contributed by atoms with Gasteiger partial charge in [-0.25, -0.2) is 0 Å². The fourth-order valence-corrected chi connectivity index (χ4v) is 8.05. The predicted molar refractivity (Wildman–Crippen MR) is 216 cm³/mol. The van der Waals surface area contributed by atoms with Crippen LogP contribution >= 0.6 is 0 Å². The summed E-state index contributed by atoms with van der Waals surface area (Å²) in [5.41, 5.74) is 9.97. The lowest BCUT2D eigenvalue weighted by Crippen LogP contribution is -1.92. The monoisotopic (exact) mass is 632 g/mol. The summed E-state index contributed by atoms with van der Waals surface area (Å²) in [7, 11) is 0. The van der Waals surface area contributed by atoms with Crippen LogP contribution in [0, 0.1) is 0 Å². The minimum Gasteiger partial charge on any atom is -0.0616 e. The molecule has 10 rings (SSSR count). The summed E-state index contributed by atoms with van der Waals surface area (Å²) in [5.74, 6) is 0. The first kappa shape index (κ1) is 28.5. The predicted octanol–water partition coefficient (Wildman–Crippen LogP) is 14.1. The molecule has 0 unspecified atom stereocenters. The Kier molecular flexibility index (Phi) is 6.60. The van der Waals surface area contributed by atoms with Crippen LogP contribution in [0.15, 0.2) is 194 Å². The average Bonchev–Trinajstić information content (AvgIpc) is 3.19. The number of rotatable bonds is 4. The summed E-state index contributed by atoms with van der Waals surface area (Å²) in [6.07, 6.45) is 0. The Labute approximate surface area is 291 Å². The summed E-state index contributed by atoms with van der Waals surface area (Å²) in [5, 5.41) is 12.7. The third-order valence-electron chi connectivity index (χ3n) is 10.4. The molecule has 0 bridgehead atoms. The number of benzene rings is 10. The van der Waals surface area contributed by atoms with Gasteiger partial charge < -0.3 is 0 Å². The summed E-state index contributed by atoms with van der Waals surface area (Å²) in [6.45, 7) is 0. The summed E-state index contributed by atoms with van der Waals surface area (Å²) in [6, 6.07) is 71.3. The highest BCUT2D eigenvalue weighted by atomic mass is 14.2. The van der Waals surface area contributed by atoms with Crippen molar-refractivity contribution in [2.75, 3.05) is 0 Å². The molecule has 0 fully saturated rings. The lowest BCUT2D eigenvalue weighted by Gasteiger charge is -2.20. The van der Waals surface area contributed by atoms with Gasteiger partial charge in [0.2, 0.25) is 0 Å². The molecule has 0 heteroatoms. The van der Waals surface area contributed by atoms with Crippen molar-refractivity contribution < 1.29 is 0 Å². The molecule has 0 amide bonds. The van der Waals surface area contributed by atoms with E-state index in [0.717, 1.165) is 0 Å². The van der Waals surface area contributed by atoms with E-state index in [-0.39, 0.29) is 0 Å². The molecule has 50 heavy (non-hydrogen) atoms. The van der Waals surface area contributed by atoms with Crippen molar-refractivity contribution in [3.8, 4) is 44.5 Å². The van der Waals surface area contributed by atoms with Crippen LogP contribution < -0.4 is 0 Å². The summed E-state index contributed by atoms with van der Waals surface area (Å²) < 4.78 is 0. The summed E-state index contributed by atoms with van der Waals surface area (Å²) in [4.78, 5) is 0. The molecule has 0 aliphatic carbocycles. The molecule has 0 heterocycles. The van der Waals surface area contributed by atoms with E-state index in [2.05, 4.69) is 194 Å². The standard InChI is InChI=1S/C50H32/c1-2-13-40-32-41(29-22-33(40)10-1)34-20-25-38(26-21-34)48-45-17-7-8-18-46(45)49(50-44-16-6-4-12-36(44)30-31-47(48)50)39-27-23-37(24-28-39)43-19-9-14-35-11-3-5-15-42(35)43/h1-32H. The van der Waals surface area contributed by atoms with Gasteiger partial charge in [-0.05, 0) is 104 Å². The van der Waals surface area contributed by atoms with Gasteiger partial charge in [-0.3, -0.25) is 0 Å². The average molecular weight is 633 g/mol. The highest BCUT2D eigenvalue weighted by Gasteiger charge is 2.19. The quantitative estimate of drug-likeness (QED) is 0.134. The maximum Gasteiger partial charge on any atom is -0.00141 e. The molecule has 10 aromatic rings. The van der Waals surface area contributed by atoms with Crippen LogP contribution in [-0.4, -0.2) is 0 Å². The Hall–Kier alpha value is -6.50. The maximum absolute atomic E-state index is 2.34. The third kappa shape index (κ3) is 4.61. The van der Waals surface area contributed by atoms with Gasteiger partial charge in [0.25, 0.3) is 0 Å². The zero-order valence-electron chi connectivity index (χ0n) is 27.5. The van der Waals surface area contributed by atoms with Crippen molar-refractivity contribution in [2.45, 2.75) is 0 Å². The molecule has 0 aliphatic heterocycles. The second-order valence-corrected chi connectivity index (χ2v) is 13.2. The largest absolute Gasteiger partial charge is 0.0616 e. The zero-order chi connectivity index (χ0) is 33.0. The molecule has 0 spiro atoms. The Morgan fingerprint density at radius 1 is 0.220 bits per heavy atom. The van der Waals surface area contributed by atoms with E-state index in [1.165, 1.54) is 98.4 Å². The van der Waals surface area contributed by atoms with Crippen LogP contribution in [0.25, 0.3) is 98.4 Å². The van der Waals surface area contributed by atoms with Crippen molar-refractivity contribution in [2.24, 2.45) is 0 Å². The van der Waals surface area contributed by atoms with E-state index in [1.807, 2.05) is 0 Å². The second-order valence-electron chi connectivity index (χ2n) is 13.2. The molecule has 0 atom stereocenters. The van der Waals surface area contributed by atoms with Crippen molar-refractivity contribution >= 4 is 53.9 Å². The van der Waals surface area contributed by atoms with Crippen molar-refractivity contribution in [1.29, 1.82) is 0 Å². The topological polar surface area (TPSA) is 0 Å². The molecule has 0 radical (unpaired) electrons. The Morgan fingerprint density at radius 3 is 1.44 bits per heavy atom. The number of hydrogen-bond acceptors (Lipinski definition) is 0. The lowest BCUT2D eigenvalue weighted by atomic mass is 9.83. The van der Waals surface area contributed by atoms with Crippen LogP contribution in [0.1, 0.15) is 0 Å². The first-order valence-electron chi connectivity index (χ1n) is 17.3. The fourth-order valence-electron chi connectivity index (χ4n) is 8.05. The van der Waals surface area contributed by atoms with Gasteiger partial charge in [-0.2, -0.15) is 0 Å². The number of fused-ring (bicyclic) bond motifs is 6.